The highest BCUT2D eigenvalue weighted by atomic mass is 16.3. The molecule has 0 aliphatic carbocycles. The molecule has 3 rings (SSSR count). The van der Waals surface area contributed by atoms with Crippen LogP contribution in [0.4, 0.5) is 0 Å². The van der Waals surface area contributed by atoms with Crippen LogP contribution in [0, 0.1) is 0 Å². The molecule has 0 spiro atoms. The van der Waals surface area contributed by atoms with E-state index in [-0.39, 0.29) is 6.04 Å². The minimum atomic E-state index is 0.0808. The van der Waals surface area contributed by atoms with Crippen molar-refractivity contribution in [2.24, 2.45) is 4.99 Å². The number of nitrogens with one attached hydrogen (secondary N) is 1. The number of aliphatic imine (C=N–C) groups is 1. The molecule has 1 aromatic rings. The lowest BCUT2D eigenvalue weighted by atomic mass is 10.1. The average molecular weight is 347 g/mol. The van der Waals surface area contributed by atoms with Crippen LogP contribution in [0.5, 0.6) is 0 Å². The maximum Gasteiger partial charge on any atom is 0.240 e. The maximum atomic E-state index is 12.7. The van der Waals surface area contributed by atoms with Crippen molar-refractivity contribution in [3.05, 3.63) is 24.2 Å². The van der Waals surface area contributed by atoms with E-state index in [2.05, 4.69) is 27.2 Å². The zero-order chi connectivity index (χ0) is 17.6. The quantitative estimate of drug-likeness (QED) is 0.640. The Hall–Kier alpha value is -2.02. The molecule has 2 aliphatic heterocycles. The van der Waals surface area contributed by atoms with Crippen molar-refractivity contribution in [3.63, 3.8) is 0 Å². The molecule has 2 fully saturated rings. The fraction of sp³-hybridized carbons (Fsp3) is 0.667. The lowest BCUT2D eigenvalue weighted by Crippen LogP contribution is -2.56. The highest BCUT2D eigenvalue weighted by Gasteiger charge is 2.33. The van der Waals surface area contributed by atoms with Crippen LogP contribution < -0.4 is 5.32 Å². The second-order valence-corrected chi connectivity index (χ2v) is 6.75. The monoisotopic (exact) mass is 347 g/mol. The minimum absolute atomic E-state index is 0.0808. The number of hydrogen-bond donors (Lipinski definition) is 1. The fourth-order valence-electron chi connectivity index (χ4n) is 3.66. The molecule has 1 amide bonds. The van der Waals surface area contributed by atoms with Crippen LogP contribution in [0.15, 0.2) is 27.8 Å². The smallest absolute Gasteiger partial charge is 0.240 e. The van der Waals surface area contributed by atoms with Gasteiger partial charge in [-0.05, 0) is 38.6 Å². The number of likely N-dealkylation sites (tertiary alicyclic amines) is 1. The number of guanidine groups is 1. The molecule has 7 nitrogen and oxygen atoms in total. The second-order valence-electron chi connectivity index (χ2n) is 6.75. The zero-order valence-electron chi connectivity index (χ0n) is 15.3. The molecule has 25 heavy (non-hydrogen) atoms. The van der Waals surface area contributed by atoms with Gasteiger partial charge in [-0.25, -0.2) is 0 Å². The van der Waals surface area contributed by atoms with Crippen LogP contribution in [0.25, 0.3) is 0 Å². The number of likely N-dealkylation sites (N-methyl/N-ethyl adjacent to an activating group) is 1. The van der Waals surface area contributed by atoms with Gasteiger partial charge in [-0.3, -0.25) is 14.7 Å². The topological polar surface area (TPSA) is 64.3 Å². The van der Waals surface area contributed by atoms with Crippen molar-refractivity contribution in [1.29, 1.82) is 0 Å². The summed E-state index contributed by atoms with van der Waals surface area (Å²) in [5.41, 5.74) is 0. The Morgan fingerprint density at radius 2 is 2.04 bits per heavy atom. The summed E-state index contributed by atoms with van der Waals surface area (Å²) < 4.78 is 5.35. The third-order valence-corrected chi connectivity index (χ3v) is 5.14. The number of amides is 1. The first-order chi connectivity index (χ1) is 12.2. The Labute approximate surface area is 149 Å². The van der Waals surface area contributed by atoms with E-state index in [1.54, 1.807) is 13.3 Å². The number of rotatable bonds is 4. The number of carbonyl (C=O) groups is 1. The van der Waals surface area contributed by atoms with Gasteiger partial charge >= 0.3 is 0 Å². The largest absolute Gasteiger partial charge is 0.469 e. The first-order valence-electron chi connectivity index (χ1n) is 9.16. The van der Waals surface area contributed by atoms with E-state index in [9.17, 15) is 4.79 Å². The van der Waals surface area contributed by atoms with Crippen LogP contribution in [-0.4, -0.2) is 86.0 Å². The number of furan rings is 1. The SMILES string of the molecule is CN=C(NCCc1ccco1)N1CCN(C(=O)C2CCCN2C)CC1. The van der Waals surface area contributed by atoms with E-state index in [1.165, 1.54) is 0 Å². The highest BCUT2D eigenvalue weighted by molar-refractivity contribution is 5.83. The van der Waals surface area contributed by atoms with Crippen molar-refractivity contribution in [2.45, 2.75) is 25.3 Å². The van der Waals surface area contributed by atoms with Gasteiger partial charge < -0.3 is 19.5 Å². The first-order valence-corrected chi connectivity index (χ1v) is 9.16. The molecule has 138 valence electrons. The van der Waals surface area contributed by atoms with Crippen molar-refractivity contribution in [3.8, 4) is 0 Å². The molecule has 1 atom stereocenters. The van der Waals surface area contributed by atoms with Gasteiger partial charge in [-0.2, -0.15) is 0 Å². The van der Waals surface area contributed by atoms with Gasteiger partial charge in [0.2, 0.25) is 5.91 Å². The Morgan fingerprint density at radius 1 is 1.28 bits per heavy atom. The number of nitrogens with zero attached hydrogens (tertiary/aromatic N) is 4. The standard InChI is InChI=1S/C18H29N5O2/c1-19-18(20-8-7-15-5-4-14-25-15)23-12-10-22(11-13-23)17(24)16-6-3-9-21(16)2/h4-5,14,16H,3,6-13H2,1-2H3,(H,19,20). The van der Waals surface area contributed by atoms with Crippen LogP contribution >= 0.6 is 0 Å². The summed E-state index contributed by atoms with van der Waals surface area (Å²) in [6.45, 7) is 4.99. The van der Waals surface area contributed by atoms with Gasteiger partial charge in [-0.15, -0.1) is 0 Å². The van der Waals surface area contributed by atoms with E-state index < -0.39 is 0 Å². The van der Waals surface area contributed by atoms with E-state index in [4.69, 9.17) is 4.42 Å². The van der Waals surface area contributed by atoms with E-state index in [0.29, 0.717) is 5.91 Å². The zero-order valence-corrected chi connectivity index (χ0v) is 15.3. The van der Waals surface area contributed by atoms with Gasteiger partial charge in [0.15, 0.2) is 5.96 Å². The molecule has 0 saturated carbocycles. The van der Waals surface area contributed by atoms with Gasteiger partial charge in [0.1, 0.15) is 5.76 Å². The molecular weight excluding hydrogens is 318 g/mol. The summed E-state index contributed by atoms with van der Waals surface area (Å²) in [7, 11) is 3.86. The number of carbonyl (C=O) groups excluding carboxylic acids is 1. The van der Waals surface area contributed by atoms with E-state index >= 15 is 0 Å². The van der Waals surface area contributed by atoms with Crippen molar-refractivity contribution >= 4 is 11.9 Å². The minimum Gasteiger partial charge on any atom is -0.469 e. The van der Waals surface area contributed by atoms with Gasteiger partial charge in [0.25, 0.3) is 0 Å². The predicted octanol–water partition coefficient (Wildman–Crippen LogP) is 0.636. The molecule has 2 aliphatic rings. The van der Waals surface area contributed by atoms with Crippen LogP contribution in [0.3, 0.4) is 0 Å². The molecule has 0 radical (unpaired) electrons. The van der Waals surface area contributed by atoms with Gasteiger partial charge in [0, 0.05) is 46.2 Å². The Balaban J connectivity index is 1.44. The highest BCUT2D eigenvalue weighted by Crippen LogP contribution is 2.18. The molecule has 3 heterocycles. The third-order valence-electron chi connectivity index (χ3n) is 5.14. The lowest BCUT2D eigenvalue weighted by molar-refractivity contribution is -0.136. The Kier molecular flexibility index (Phi) is 5.96. The molecule has 7 heteroatoms. The number of piperazine rings is 1. The predicted molar refractivity (Wildman–Crippen MR) is 97.6 cm³/mol. The first kappa shape index (κ1) is 17.8. The molecular formula is C18H29N5O2. The Morgan fingerprint density at radius 3 is 2.64 bits per heavy atom. The third kappa shape index (κ3) is 4.34. The van der Waals surface area contributed by atoms with Gasteiger partial charge in [0.05, 0.1) is 12.3 Å². The summed E-state index contributed by atoms with van der Waals surface area (Å²) in [4.78, 5) is 23.5. The summed E-state index contributed by atoms with van der Waals surface area (Å²) >= 11 is 0. The Bertz CT molecular complexity index is 578. The average Bonchev–Trinajstić information content (AvgIpc) is 3.30. The van der Waals surface area contributed by atoms with E-state index in [0.717, 1.165) is 70.3 Å². The van der Waals surface area contributed by atoms with Crippen LogP contribution in [-0.2, 0) is 11.2 Å². The van der Waals surface area contributed by atoms with E-state index in [1.807, 2.05) is 17.0 Å². The molecule has 0 bridgehead atoms. The molecule has 0 aromatic carbocycles. The van der Waals surface area contributed by atoms with Crippen molar-refractivity contribution < 1.29 is 9.21 Å². The fourth-order valence-corrected chi connectivity index (χ4v) is 3.66. The lowest BCUT2D eigenvalue weighted by Gasteiger charge is -2.38. The van der Waals surface area contributed by atoms with Crippen molar-refractivity contribution in [2.75, 3.05) is 53.4 Å². The molecule has 1 aromatic heterocycles. The van der Waals surface area contributed by atoms with Crippen LogP contribution in [0.1, 0.15) is 18.6 Å². The summed E-state index contributed by atoms with van der Waals surface area (Å²) in [6.07, 6.45) is 4.64. The van der Waals surface area contributed by atoms with Gasteiger partial charge in [-0.1, -0.05) is 0 Å². The second kappa shape index (κ2) is 8.38. The van der Waals surface area contributed by atoms with Crippen LogP contribution in [0.2, 0.25) is 0 Å². The normalized spacial score (nSPS) is 22.5. The number of hydrogen-bond acceptors (Lipinski definition) is 4. The van der Waals surface area contributed by atoms with Crippen molar-refractivity contribution in [1.82, 2.24) is 20.0 Å². The summed E-state index contributed by atoms with van der Waals surface area (Å²) in [5.74, 6) is 2.16. The maximum absolute atomic E-state index is 12.7. The molecule has 1 unspecified atom stereocenters. The molecule has 1 N–H and O–H groups in total. The summed E-state index contributed by atoms with van der Waals surface area (Å²) in [6, 6.07) is 3.97. The summed E-state index contributed by atoms with van der Waals surface area (Å²) in [5, 5.41) is 3.39. The molecule has 2 saturated heterocycles.